The van der Waals surface area contributed by atoms with Gasteiger partial charge in [0.1, 0.15) is 11.3 Å². The lowest BCUT2D eigenvalue weighted by molar-refractivity contribution is -0.125. The molecule has 9 rings (SSSR count). The predicted octanol–water partition coefficient (Wildman–Crippen LogP) is 7.12. The molecule has 6 atom stereocenters. The number of carbonyl (C=O) groups is 4. The lowest BCUT2D eigenvalue weighted by Gasteiger charge is -2.50. The topological polar surface area (TPSA) is 139 Å². The van der Waals surface area contributed by atoms with Crippen LogP contribution in [-0.4, -0.2) is 57.7 Å². The molecule has 5 aromatic rings. The molecule has 3 fully saturated rings. The number of amides is 4. The predicted molar refractivity (Wildman–Crippen MR) is 200 cm³/mol. The van der Waals surface area contributed by atoms with Gasteiger partial charge in [-0.3, -0.25) is 24.1 Å². The number of hydrogen-bond donors (Lipinski definition) is 1. The first-order valence-corrected chi connectivity index (χ1v) is 18.2. The number of fused-ring (bicyclic) bond motifs is 5. The Morgan fingerprint density at radius 3 is 2.13 bits per heavy atom. The number of aromatic nitrogens is 1. The van der Waals surface area contributed by atoms with E-state index in [1.54, 1.807) is 30.3 Å². The second kappa shape index (κ2) is 12.4. The quantitative estimate of drug-likeness (QED) is 0.108. The third-order valence-corrected chi connectivity index (χ3v) is 12.8. The molecule has 278 valence electrons. The van der Waals surface area contributed by atoms with Gasteiger partial charge in [-0.15, -0.1) is 23.2 Å². The minimum Gasteiger partial charge on any atom is -0.502 e. The van der Waals surface area contributed by atoms with Crippen LogP contribution in [0.4, 0.5) is 15.8 Å². The minimum absolute atomic E-state index is 0.00190. The molecule has 0 bridgehead atoms. The highest BCUT2D eigenvalue weighted by molar-refractivity contribution is 6.58. The number of imide groups is 2. The average Bonchev–Trinajstić information content (AvgIpc) is 3.78. The standard InChI is InChI=1S/C41H30Cl2FN3O8/c1-53-30-17-21(18-31(54-2)34(30)48)33-25-15-16-26-32(27(25)19-40(42)38(51)47(39(52)41(33,40)43)24-13-9-22(44)10-14-24)37(50)46(36(26)49)23-11-7-20(8-12-23)35-45-28-5-3-4-6-29(28)55-35/h3-15,17-18,26-27,32-33,48H,16,19H2,1-2H3/t26-,27+,32-,33-,40+,41-/m0/s1. The molecular formula is C41H30Cl2FN3O8. The lowest BCUT2D eigenvalue weighted by Crippen LogP contribution is -2.60. The lowest BCUT2D eigenvalue weighted by atomic mass is 9.56. The molecule has 1 aromatic heterocycles. The van der Waals surface area contributed by atoms with Crippen molar-refractivity contribution in [1.29, 1.82) is 0 Å². The van der Waals surface area contributed by atoms with Crippen molar-refractivity contribution in [2.24, 2.45) is 17.8 Å². The van der Waals surface area contributed by atoms with Gasteiger partial charge in [0.15, 0.2) is 26.8 Å². The van der Waals surface area contributed by atoms with Crippen LogP contribution in [0.1, 0.15) is 24.3 Å². The van der Waals surface area contributed by atoms with E-state index in [1.165, 1.54) is 38.5 Å². The van der Waals surface area contributed by atoms with Crippen LogP contribution in [0.3, 0.4) is 0 Å². The van der Waals surface area contributed by atoms with Gasteiger partial charge in [-0.2, -0.15) is 0 Å². The van der Waals surface area contributed by atoms with Gasteiger partial charge in [-0.1, -0.05) is 23.8 Å². The molecule has 0 spiro atoms. The van der Waals surface area contributed by atoms with Crippen LogP contribution >= 0.6 is 23.2 Å². The number of benzene rings is 4. The van der Waals surface area contributed by atoms with Crippen LogP contribution in [0, 0.1) is 23.6 Å². The summed E-state index contributed by atoms with van der Waals surface area (Å²) in [6.07, 6.45) is 1.67. The first-order valence-electron chi connectivity index (χ1n) is 17.4. The number of carbonyl (C=O) groups excluding carboxylic acids is 4. The number of hydrogen-bond acceptors (Lipinski definition) is 9. The van der Waals surface area contributed by atoms with E-state index in [1.807, 2.05) is 24.3 Å². The zero-order valence-electron chi connectivity index (χ0n) is 29.2. The largest absolute Gasteiger partial charge is 0.502 e. The molecule has 0 radical (unpaired) electrons. The van der Waals surface area contributed by atoms with Gasteiger partial charge in [-0.05, 0) is 97.1 Å². The molecule has 11 nitrogen and oxygen atoms in total. The second-order valence-electron chi connectivity index (χ2n) is 14.1. The maximum absolute atomic E-state index is 14.7. The summed E-state index contributed by atoms with van der Waals surface area (Å²) < 4.78 is 30.8. The molecule has 4 amide bonds. The number of anilines is 2. The molecule has 2 aliphatic carbocycles. The minimum atomic E-state index is -2.19. The van der Waals surface area contributed by atoms with Crippen molar-refractivity contribution in [3.8, 4) is 28.7 Å². The normalized spacial score (nSPS) is 27.3. The number of aromatic hydroxyl groups is 1. The van der Waals surface area contributed by atoms with Gasteiger partial charge in [-0.25, -0.2) is 14.3 Å². The highest BCUT2D eigenvalue weighted by atomic mass is 35.5. The van der Waals surface area contributed by atoms with E-state index in [0.29, 0.717) is 39.4 Å². The first-order chi connectivity index (χ1) is 26.4. The number of nitrogens with zero attached hydrogens (tertiary/aromatic N) is 3. The molecule has 3 heterocycles. The van der Waals surface area contributed by atoms with Gasteiger partial charge in [0, 0.05) is 11.5 Å². The number of rotatable bonds is 6. The van der Waals surface area contributed by atoms with Crippen LogP contribution in [-0.2, 0) is 19.2 Å². The number of alkyl halides is 2. The number of halogens is 3. The van der Waals surface area contributed by atoms with Crippen molar-refractivity contribution in [3.05, 3.63) is 108 Å². The summed E-state index contributed by atoms with van der Waals surface area (Å²) in [7, 11) is 2.68. The number of methoxy groups -OCH3 is 2. The molecule has 55 heavy (non-hydrogen) atoms. The van der Waals surface area contributed by atoms with Gasteiger partial charge >= 0.3 is 0 Å². The molecule has 0 unspecified atom stereocenters. The zero-order valence-corrected chi connectivity index (χ0v) is 30.7. The summed E-state index contributed by atoms with van der Waals surface area (Å²) >= 11 is 15.0. The molecule has 14 heteroatoms. The fourth-order valence-electron chi connectivity index (χ4n) is 8.86. The summed E-state index contributed by atoms with van der Waals surface area (Å²) in [4.78, 5) is 60.2. The van der Waals surface area contributed by atoms with E-state index in [4.69, 9.17) is 37.1 Å². The van der Waals surface area contributed by atoms with Gasteiger partial charge in [0.25, 0.3) is 11.8 Å². The Morgan fingerprint density at radius 1 is 0.836 bits per heavy atom. The Bertz CT molecular complexity index is 2450. The van der Waals surface area contributed by atoms with E-state index in [0.717, 1.165) is 21.9 Å². The van der Waals surface area contributed by atoms with Crippen molar-refractivity contribution >= 4 is 69.3 Å². The fourth-order valence-corrected chi connectivity index (χ4v) is 9.79. The van der Waals surface area contributed by atoms with Gasteiger partial charge < -0.3 is 19.0 Å². The SMILES string of the molecule is COc1cc([C@H]2C3=CC[C@@H]4C(=O)N(c5ccc(-c6nc7ccccc7o6)cc5)C(=O)[C@@H]4[C@@H]3C[C@@]3(Cl)C(=O)N(c4ccc(F)cc4)C(=O)[C@@]23Cl)cc(OC)c1O. The Balaban J connectivity index is 1.14. The monoisotopic (exact) mass is 781 g/mol. The Hall–Kier alpha value is -5.72. The van der Waals surface area contributed by atoms with Crippen LogP contribution in [0.15, 0.2) is 101 Å². The van der Waals surface area contributed by atoms with Crippen molar-refractivity contribution in [3.63, 3.8) is 0 Å². The molecule has 4 aromatic carbocycles. The highest BCUT2D eigenvalue weighted by Crippen LogP contribution is 2.66. The number of oxazole rings is 1. The van der Waals surface area contributed by atoms with Crippen LogP contribution in [0.25, 0.3) is 22.6 Å². The van der Waals surface area contributed by atoms with E-state index in [-0.39, 0.29) is 35.8 Å². The van der Waals surface area contributed by atoms with Crippen LogP contribution < -0.4 is 19.3 Å². The van der Waals surface area contributed by atoms with Crippen LogP contribution in [0.2, 0.25) is 0 Å². The molecule has 2 aliphatic heterocycles. The van der Waals surface area contributed by atoms with Crippen molar-refractivity contribution in [2.75, 3.05) is 24.0 Å². The van der Waals surface area contributed by atoms with Gasteiger partial charge in [0.05, 0.1) is 37.4 Å². The number of phenols is 1. The Morgan fingerprint density at radius 2 is 1.47 bits per heavy atom. The maximum atomic E-state index is 14.7. The first kappa shape index (κ1) is 35.0. The molecule has 4 aliphatic rings. The molecule has 1 saturated carbocycles. The maximum Gasteiger partial charge on any atom is 0.258 e. The molecule has 1 N–H and O–H groups in total. The summed E-state index contributed by atoms with van der Waals surface area (Å²) in [5, 5.41) is 10.8. The highest BCUT2D eigenvalue weighted by Gasteiger charge is 2.76. The second-order valence-corrected chi connectivity index (χ2v) is 15.3. The van der Waals surface area contributed by atoms with Crippen molar-refractivity contribution in [1.82, 2.24) is 4.98 Å². The van der Waals surface area contributed by atoms with E-state index >= 15 is 0 Å². The number of allylic oxidation sites excluding steroid dienone is 2. The smallest absolute Gasteiger partial charge is 0.258 e. The Kier molecular flexibility index (Phi) is 7.90. The Labute approximate surface area is 322 Å². The summed E-state index contributed by atoms with van der Waals surface area (Å²) in [5.74, 6) is -6.90. The number of para-hydroxylation sites is 2. The fraction of sp³-hybridized carbons (Fsp3) is 0.244. The van der Waals surface area contributed by atoms with Crippen molar-refractivity contribution < 1.29 is 42.6 Å². The van der Waals surface area contributed by atoms with Gasteiger partial charge in [0.2, 0.25) is 23.5 Å². The summed E-state index contributed by atoms with van der Waals surface area (Å²) in [5.41, 5.74) is 3.19. The van der Waals surface area contributed by atoms with E-state index in [2.05, 4.69) is 4.98 Å². The van der Waals surface area contributed by atoms with Crippen molar-refractivity contribution in [2.45, 2.75) is 28.5 Å². The number of ether oxygens (including phenoxy) is 2. The van der Waals surface area contributed by atoms with E-state index < -0.39 is 62.9 Å². The molecular weight excluding hydrogens is 752 g/mol. The third-order valence-electron chi connectivity index (χ3n) is 11.4. The average molecular weight is 783 g/mol. The molecule has 2 saturated heterocycles. The van der Waals surface area contributed by atoms with Crippen LogP contribution in [0.5, 0.6) is 17.2 Å². The zero-order chi connectivity index (χ0) is 38.6. The third kappa shape index (κ3) is 4.83. The number of phenolic OH excluding ortho intramolecular Hbond substituents is 1. The summed E-state index contributed by atoms with van der Waals surface area (Å²) in [6, 6.07) is 21.8. The summed E-state index contributed by atoms with van der Waals surface area (Å²) in [6.45, 7) is 0. The van der Waals surface area contributed by atoms with E-state index in [9.17, 15) is 28.7 Å².